The van der Waals surface area contributed by atoms with Crippen molar-refractivity contribution in [3.05, 3.63) is 385 Å². The number of hydrogen-bond acceptors (Lipinski definition) is 16. The van der Waals surface area contributed by atoms with E-state index in [0.29, 0.717) is 138 Å². The maximum atomic E-state index is 15.2. The van der Waals surface area contributed by atoms with Gasteiger partial charge in [-0.05, 0) is 149 Å². The van der Waals surface area contributed by atoms with Gasteiger partial charge in [0.05, 0.1) is 7.11 Å². The summed E-state index contributed by atoms with van der Waals surface area (Å²) in [6.45, 7) is 18.2. The van der Waals surface area contributed by atoms with Crippen molar-refractivity contribution in [2.45, 2.75) is 158 Å². The Morgan fingerprint density at radius 1 is 0.306 bits per heavy atom. The molecule has 0 aliphatic rings. The second-order valence-electron chi connectivity index (χ2n) is 31.2. The zero-order valence-corrected chi connectivity index (χ0v) is 71.7. The molecule has 21 heteroatoms. The Labute approximate surface area is 727 Å². The van der Waals surface area contributed by atoms with Crippen molar-refractivity contribution in [2.75, 3.05) is 26.7 Å². The van der Waals surface area contributed by atoms with Gasteiger partial charge in [-0.1, -0.05) is 252 Å². The van der Waals surface area contributed by atoms with Crippen molar-refractivity contribution >= 4 is 17.9 Å². The van der Waals surface area contributed by atoms with Gasteiger partial charge in [-0.2, -0.15) is 0 Å². The number of halogens is 2. The van der Waals surface area contributed by atoms with Crippen LogP contribution in [0, 0.1) is 53.2 Å². The Balaban J connectivity index is 0.000000195. The molecule has 12 rings (SSSR count). The predicted octanol–water partition coefficient (Wildman–Crippen LogP) is 19.1. The van der Waals surface area contributed by atoms with Crippen LogP contribution in [0.15, 0.2) is 273 Å². The Morgan fingerprint density at radius 3 is 0.927 bits per heavy atom. The molecular formula is C103H114F2N6O13. The van der Waals surface area contributed by atoms with Crippen molar-refractivity contribution in [1.82, 2.24) is 14.7 Å². The largest absolute Gasteiger partial charge is 0.493 e. The molecule has 12 aromatic rings. The molecule has 0 heterocycles. The molecule has 0 unspecified atom stereocenters. The number of carboxylic acid groups (broad SMARTS) is 3. The summed E-state index contributed by atoms with van der Waals surface area (Å²) in [5, 5.41) is 28.1. The summed E-state index contributed by atoms with van der Waals surface area (Å²) in [7, 11) is 1.63. The number of para-hydroxylation sites is 4. The van der Waals surface area contributed by atoms with Gasteiger partial charge in [0.2, 0.25) is 0 Å². The summed E-state index contributed by atoms with van der Waals surface area (Å²) in [4.78, 5) is 40.6. The highest BCUT2D eigenvalue weighted by Crippen LogP contribution is 2.36. The van der Waals surface area contributed by atoms with Crippen LogP contribution in [0.1, 0.15) is 119 Å². The molecule has 0 saturated heterocycles. The zero-order chi connectivity index (χ0) is 88.3. The molecule has 0 saturated carbocycles. The third kappa shape index (κ3) is 30.7. The number of hydrogen-bond donors (Lipinski definition) is 6. The van der Waals surface area contributed by atoms with Crippen molar-refractivity contribution in [3.8, 4) is 40.2 Å². The first-order valence-corrected chi connectivity index (χ1v) is 41.5. The molecule has 19 nitrogen and oxygen atoms in total. The first-order valence-electron chi connectivity index (χ1n) is 41.5. The normalized spacial score (nSPS) is 11.8. The highest BCUT2D eigenvalue weighted by atomic mass is 19.1. The number of ether oxygens (including phenoxy) is 7. The molecule has 0 bridgehead atoms. The van der Waals surface area contributed by atoms with E-state index in [1.54, 1.807) is 25.3 Å². The number of carbonyl (C=O) groups is 3. The Hall–Kier alpha value is -12.7. The molecule has 0 aliphatic heterocycles. The molecule has 3 atom stereocenters. The number of rotatable bonds is 43. The van der Waals surface area contributed by atoms with Gasteiger partial charge in [-0.25, -0.2) is 8.78 Å². The fourth-order valence-electron chi connectivity index (χ4n) is 14.2. The van der Waals surface area contributed by atoms with E-state index in [-0.39, 0.29) is 31.0 Å². The van der Waals surface area contributed by atoms with Crippen LogP contribution in [-0.4, -0.2) is 92.8 Å². The lowest BCUT2D eigenvalue weighted by molar-refractivity contribution is -0.139. The lowest BCUT2D eigenvalue weighted by atomic mass is 10.1. The number of aryl methyl sites for hydroxylation is 6. The first kappa shape index (κ1) is 93.5. The minimum Gasteiger partial charge on any atom is -0.493 e. The van der Waals surface area contributed by atoms with E-state index in [1.807, 2.05) is 226 Å². The number of methoxy groups -OCH3 is 1. The summed E-state index contributed by atoms with van der Waals surface area (Å²) in [5.74, 6) is 0.667. The van der Waals surface area contributed by atoms with Gasteiger partial charge in [0, 0.05) is 92.3 Å². The fourth-order valence-corrected chi connectivity index (χ4v) is 14.2. The second kappa shape index (κ2) is 48.2. The van der Waals surface area contributed by atoms with Gasteiger partial charge in [-0.15, -0.1) is 0 Å². The molecule has 0 fully saturated rings. The van der Waals surface area contributed by atoms with Crippen molar-refractivity contribution in [3.63, 3.8) is 0 Å². The highest BCUT2D eigenvalue weighted by molar-refractivity contribution is 5.74. The van der Waals surface area contributed by atoms with E-state index in [1.165, 1.54) is 29.3 Å². The van der Waals surface area contributed by atoms with Crippen LogP contribution in [0.25, 0.3) is 0 Å². The predicted molar refractivity (Wildman–Crippen MR) is 481 cm³/mol. The molecular weight excluding hydrogens is 1570 g/mol. The SMILES string of the molecule is COc1cccc(CN(CC[C@H](N)C(=O)O)Cc2ccccc2OCc2cccc(C)c2)c1OCc1cccc(C)c1.Cc1cccc(COc2ccccc2CN(CC[C@H](N)C(=O)O)Cc2c(F)cccc2OCc2cccc(C)c2)c1.Cc1cccc(COc2ccccc2CN(CC[C@H](N)C(=O)O)Cc2cc(F)ccc2OCc2cccc(C)c2)c1. The smallest absolute Gasteiger partial charge is 0.320 e. The van der Waals surface area contributed by atoms with E-state index in [0.717, 1.165) is 89.4 Å². The average Bonchev–Trinajstić information content (AvgIpc) is 0.839. The maximum absolute atomic E-state index is 15.2. The van der Waals surface area contributed by atoms with Crippen LogP contribution in [0.3, 0.4) is 0 Å². The number of nitrogens with zero attached hydrogens (tertiary/aromatic N) is 3. The van der Waals surface area contributed by atoms with Gasteiger partial charge in [0.1, 0.15) is 98.1 Å². The monoisotopic (exact) mass is 1680 g/mol. The molecule has 0 aliphatic carbocycles. The van der Waals surface area contributed by atoms with Gasteiger partial charge in [0.25, 0.3) is 0 Å². The van der Waals surface area contributed by atoms with E-state index in [9.17, 15) is 34.1 Å². The van der Waals surface area contributed by atoms with Crippen molar-refractivity contribution < 1.29 is 71.6 Å². The lowest BCUT2D eigenvalue weighted by Crippen LogP contribution is -2.35. The third-order valence-corrected chi connectivity index (χ3v) is 20.7. The van der Waals surface area contributed by atoms with Crippen LogP contribution >= 0.6 is 0 Å². The summed E-state index contributed by atoms with van der Waals surface area (Å²) < 4.78 is 72.5. The van der Waals surface area contributed by atoms with Crippen LogP contribution < -0.4 is 50.4 Å². The molecule has 0 radical (unpaired) electrons. The van der Waals surface area contributed by atoms with Crippen LogP contribution in [0.4, 0.5) is 8.78 Å². The minimum atomic E-state index is -1.07. The van der Waals surface area contributed by atoms with Crippen LogP contribution in [0.2, 0.25) is 0 Å². The summed E-state index contributed by atoms with van der Waals surface area (Å²) in [6.07, 6.45) is 0.733. The molecule has 9 N–H and O–H groups in total. The first-order chi connectivity index (χ1) is 59.9. The number of benzene rings is 12. The maximum Gasteiger partial charge on any atom is 0.320 e. The number of carboxylic acids is 3. The zero-order valence-electron chi connectivity index (χ0n) is 71.7. The summed E-state index contributed by atoms with van der Waals surface area (Å²) >= 11 is 0. The highest BCUT2D eigenvalue weighted by Gasteiger charge is 2.24. The molecule has 0 aromatic heterocycles. The quantitative estimate of drug-likeness (QED) is 0.0207. The van der Waals surface area contributed by atoms with Gasteiger partial charge < -0.3 is 65.7 Å². The molecule has 12 aromatic carbocycles. The van der Waals surface area contributed by atoms with E-state index in [4.69, 9.17) is 50.4 Å². The number of aliphatic carboxylic acids is 3. The van der Waals surface area contributed by atoms with Gasteiger partial charge >= 0.3 is 17.9 Å². The lowest BCUT2D eigenvalue weighted by Gasteiger charge is -2.26. The summed E-state index contributed by atoms with van der Waals surface area (Å²) in [6, 6.07) is 84.4. The molecule has 0 spiro atoms. The Bertz CT molecular complexity index is 5440. The van der Waals surface area contributed by atoms with E-state index in [2.05, 4.69) is 67.3 Å². The Kier molecular flexibility index (Phi) is 36.4. The molecule has 0 amide bonds. The van der Waals surface area contributed by atoms with E-state index >= 15 is 4.39 Å². The third-order valence-electron chi connectivity index (χ3n) is 20.7. The van der Waals surface area contributed by atoms with Crippen molar-refractivity contribution in [1.29, 1.82) is 0 Å². The average molecular weight is 1680 g/mol. The molecule has 124 heavy (non-hydrogen) atoms. The van der Waals surface area contributed by atoms with Gasteiger partial charge in [-0.3, -0.25) is 29.1 Å². The second-order valence-corrected chi connectivity index (χ2v) is 31.2. The Morgan fingerprint density at radius 2 is 0.581 bits per heavy atom. The minimum absolute atomic E-state index is 0.203. The standard InChI is InChI=1S/C35H40N2O5.2C34H37FN2O4/c1-25-9-6-11-27(19-25)23-41-32-15-5-4-13-29(32)21-37(18-17-31(36)35(38)39)22-30-14-8-16-33(40-3)34(30)42-24-28-12-7-10-26(2)20-28;1-24-8-5-10-26(18-24)22-40-32-14-4-3-12-28(32)20-37(17-16-31(36)34(38)39)21-29-30(35)13-7-15-33(29)41-23-27-11-6-9-25(2)19-27;1-24-7-5-9-26(17-24)22-40-32-12-4-3-11-28(32)20-37(16-15-31(36)34(38)39)21-29-19-30(35)13-14-33(29)41-23-27-10-6-8-25(2)18-27/h4-16,19-20,31H,17-18,21-24,36H2,1-3H3,(H,38,39);3-15,18-19,31H,16-17,20-23,36H2,1-2H3,(H,38,39);3-14,17-19,31H,15-16,20-23,36H2,1-2H3,(H,38,39)/t3*31-/m000/s1. The van der Waals surface area contributed by atoms with Gasteiger partial charge in [0.15, 0.2) is 11.5 Å². The fraction of sp³-hybridized carbons (Fsp3) is 0.272. The van der Waals surface area contributed by atoms with Crippen LogP contribution in [-0.2, 0) is 93.3 Å². The van der Waals surface area contributed by atoms with Crippen molar-refractivity contribution in [2.24, 2.45) is 17.2 Å². The summed E-state index contributed by atoms with van der Waals surface area (Å²) in [5.41, 5.74) is 35.7. The van der Waals surface area contributed by atoms with Crippen LogP contribution in [0.5, 0.6) is 40.2 Å². The molecule has 648 valence electrons. The number of nitrogens with two attached hydrogens (primary N) is 3. The topological polar surface area (TPSA) is 264 Å². The van der Waals surface area contributed by atoms with E-state index < -0.39 is 36.0 Å².